The molecule has 0 amide bonds. The fourth-order valence-electron chi connectivity index (χ4n) is 2.98. The maximum absolute atomic E-state index is 12.0. The molecule has 4 heterocycles. The first-order valence-electron chi connectivity index (χ1n) is 8.94. The van der Waals surface area contributed by atoms with Gasteiger partial charge < -0.3 is 14.5 Å². The number of carbonyl (C=O) groups is 1. The van der Waals surface area contributed by atoms with E-state index in [0.29, 0.717) is 22.8 Å². The summed E-state index contributed by atoms with van der Waals surface area (Å²) in [6.45, 7) is 2.04. The van der Waals surface area contributed by atoms with Crippen molar-refractivity contribution in [1.29, 1.82) is 0 Å². The third-order valence-electron chi connectivity index (χ3n) is 4.32. The molecule has 144 valence electrons. The van der Waals surface area contributed by atoms with Gasteiger partial charge in [0.05, 0.1) is 23.0 Å². The summed E-state index contributed by atoms with van der Waals surface area (Å²) in [7, 11) is 0. The average molecular weight is 405 g/mol. The Morgan fingerprint density at radius 2 is 2.14 bits per heavy atom. The average Bonchev–Trinajstić information content (AvgIpc) is 3.43. The highest BCUT2D eigenvalue weighted by Crippen LogP contribution is 2.29. The number of nitrogens with one attached hydrogen (secondary N) is 1. The van der Waals surface area contributed by atoms with Crippen LogP contribution in [-0.4, -0.2) is 32.2 Å². The van der Waals surface area contributed by atoms with Crippen LogP contribution in [0.1, 0.15) is 17.3 Å². The number of esters is 1. The fourth-order valence-corrected chi connectivity index (χ4v) is 3.85. The normalized spacial score (nSPS) is 11.2. The Morgan fingerprint density at radius 3 is 2.93 bits per heavy atom. The molecule has 9 heteroatoms. The molecular formula is C20H15N5O3S. The first-order chi connectivity index (χ1) is 14.2. The number of ether oxygens (including phenoxy) is 1. The molecule has 0 unspecified atom stereocenters. The maximum Gasteiger partial charge on any atom is 0.345 e. The van der Waals surface area contributed by atoms with Crippen molar-refractivity contribution in [2.45, 2.75) is 6.92 Å². The number of nitrogens with zero attached hydrogens (tertiary/aromatic N) is 4. The lowest BCUT2D eigenvalue weighted by molar-refractivity contribution is 0.0527. The molecule has 4 aromatic heterocycles. The van der Waals surface area contributed by atoms with Crippen molar-refractivity contribution < 1.29 is 13.9 Å². The molecule has 0 aliphatic carbocycles. The zero-order chi connectivity index (χ0) is 19.8. The lowest BCUT2D eigenvalue weighted by Gasteiger charge is -2.02. The largest absolute Gasteiger partial charge is 0.462 e. The minimum atomic E-state index is -0.461. The molecule has 0 bridgehead atoms. The number of benzene rings is 1. The monoisotopic (exact) mass is 405 g/mol. The fraction of sp³-hybridized carbons (Fsp3) is 0.100. The van der Waals surface area contributed by atoms with Crippen LogP contribution in [0.2, 0.25) is 0 Å². The molecule has 5 aromatic rings. The maximum atomic E-state index is 12.0. The first-order valence-corrected chi connectivity index (χ1v) is 9.76. The second-order valence-electron chi connectivity index (χ2n) is 6.16. The van der Waals surface area contributed by atoms with Crippen LogP contribution in [0.15, 0.2) is 59.5 Å². The van der Waals surface area contributed by atoms with Crippen molar-refractivity contribution >= 4 is 44.2 Å². The Morgan fingerprint density at radius 1 is 1.24 bits per heavy atom. The van der Waals surface area contributed by atoms with Crippen LogP contribution in [0, 0.1) is 0 Å². The van der Waals surface area contributed by atoms with Crippen molar-refractivity contribution in [2.24, 2.45) is 0 Å². The van der Waals surface area contributed by atoms with Crippen LogP contribution in [0.4, 0.5) is 10.9 Å². The number of thiazole rings is 1. The van der Waals surface area contributed by atoms with Crippen LogP contribution in [-0.2, 0) is 4.74 Å². The van der Waals surface area contributed by atoms with E-state index in [2.05, 4.69) is 20.4 Å². The van der Waals surface area contributed by atoms with Gasteiger partial charge in [0.15, 0.2) is 5.13 Å². The molecule has 0 saturated heterocycles. The van der Waals surface area contributed by atoms with E-state index < -0.39 is 5.97 Å². The standard InChI is InChI=1S/C20H15N5O3S/c1-2-27-19(26)13-10-22-25-15(11-28-18(13)25)12-7-8-17(21-9-12)24-20-23-14-5-3-4-6-16(14)29-20/h3-11H,2H2,1H3,(H,21,23,24). The highest BCUT2D eigenvalue weighted by molar-refractivity contribution is 7.22. The number of pyridine rings is 1. The number of para-hydroxylation sites is 1. The molecule has 5 rings (SSSR count). The van der Waals surface area contributed by atoms with Gasteiger partial charge >= 0.3 is 5.97 Å². The Labute approximate surface area is 168 Å². The highest BCUT2D eigenvalue weighted by Gasteiger charge is 2.19. The molecular weight excluding hydrogens is 390 g/mol. The van der Waals surface area contributed by atoms with E-state index in [4.69, 9.17) is 9.15 Å². The molecule has 0 saturated carbocycles. The summed E-state index contributed by atoms with van der Waals surface area (Å²) >= 11 is 1.57. The topological polar surface area (TPSA) is 94.5 Å². The number of carbonyl (C=O) groups excluding carboxylic acids is 1. The predicted octanol–water partition coefficient (Wildman–Crippen LogP) is 4.52. The molecule has 29 heavy (non-hydrogen) atoms. The Hall–Kier alpha value is -3.72. The van der Waals surface area contributed by atoms with E-state index in [9.17, 15) is 4.79 Å². The van der Waals surface area contributed by atoms with E-state index in [1.54, 1.807) is 35.2 Å². The van der Waals surface area contributed by atoms with Gasteiger partial charge in [-0.1, -0.05) is 23.5 Å². The molecule has 8 nitrogen and oxygen atoms in total. The summed E-state index contributed by atoms with van der Waals surface area (Å²) in [6.07, 6.45) is 4.70. The minimum absolute atomic E-state index is 0.288. The number of hydrogen-bond acceptors (Lipinski definition) is 8. The van der Waals surface area contributed by atoms with Crippen LogP contribution in [0.25, 0.3) is 27.2 Å². The van der Waals surface area contributed by atoms with E-state index in [1.807, 2.05) is 36.4 Å². The van der Waals surface area contributed by atoms with Gasteiger partial charge in [-0.15, -0.1) is 0 Å². The van der Waals surface area contributed by atoms with Crippen molar-refractivity contribution in [3.05, 3.63) is 60.6 Å². The smallest absolute Gasteiger partial charge is 0.345 e. The zero-order valence-corrected chi connectivity index (χ0v) is 16.1. The second kappa shape index (κ2) is 7.02. The minimum Gasteiger partial charge on any atom is -0.462 e. The number of hydrogen-bond donors (Lipinski definition) is 1. The van der Waals surface area contributed by atoms with Gasteiger partial charge in [-0.25, -0.2) is 14.8 Å². The summed E-state index contributed by atoms with van der Waals surface area (Å²) in [6, 6.07) is 11.7. The lowest BCUT2D eigenvalue weighted by Crippen LogP contribution is -2.03. The Kier molecular flexibility index (Phi) is 4.21. The van der Waals surface area contributed by atoms with Crippen LogP contribution < -0.4 is 5.32 Å². The zero-order valence-electron chi connectivity index (χ0n) is 15.3. The molecule has 0 aliphatic rings. The van der Waals surface area contributed by atoms with Gasteiger partial charge in [-0.05, 0) is 31.2 Å². The Bertz CT molecular complexity index is 1290. The van der Waals surface area contributed by atoms with Crippen molar-refractivity contribution in [2.75, 3.05) is 11.9 Å². The number of aromatic nitrogens is 4. The van der Waals surface area contributed by atoms with E-state index in [-0.39, 0.29) is 6.61 Å². The van der Waals surface area contributed by atoms with Crippen LogP contribution in [0.5, 0.6) is 0 Å². The van der Waals surface area contributed by atoms with Gasteiger partial charge in [0, 0.05) is 11.8 Å². The van der Waals surface area contributed by atoms with Gasteiger partial charge in [0.2, 0.25) is 5.71 Å². The number of oxazole rings is 1. The molecule has 1 aromatic carbocycles. The third kappa shape index (κ3) is 3.11. The van der Waals surface area contributed by atoms with E-state index in [1.165, 1.54) is 6.20 Å². The van der Waals surface area contributed by atoms with Crippen molar-refractivity contribution in [3.63, 3.8) is 0 Å². The van der Waals surface area contributed by atoms with Gasteiger partial charge in [-0.2, -0.15) is 9.61 Å². The first kappa shape index (κ1) is 17.4. The molecule has 0 fully saturated rings. The van der Waals surface area contributed by atoms with Crippen molar-refractivity contribution in [3.8, 4) is 11.3 Å². The van der Waals surface area contributed by atoms with Crippen LogP contribution >= 0.6 is 11.3 Å². The summed E-state index contributed by atoms with van der Waals surface area (Å²) in [4.78, 5) is 21.0. The summed E-state index contributed by atoms with van der Waals surface area (Å²) < 4.78 is 13.2. The van der Waals surface area contributed by atoms with Gasteiger partial charge in [-0.3, -0.25) is 0 Å². The SMILES string of the molecule is CCOC(=O)c1cnn2c(-c3ccc(Nc4nc5ccccc5s4)nc3)coc12. The van der Waals surface area contributed by atoms with E-state index in [0.717, 1.165) is 20.9 Å². The summed E-state index contributed by atoms with van der Waals surface area (Å²) in [5, 5.41) is 8.25. The molecule has 0 atom stereocenters. The number of anilines is 2. The number of rotatable bonds is 5. The predicted molar refractivity (Wildman–Crippen MR) is 110 cm³/mol. The van der Waals surface area contributed by atoms with Crippen LogP contribution in [0.3, 0.4) is 0 Å². The summed E-state index contributed by atoms with van der Waals surface area (Å²) in [5.41, 5.74) is 3.08. The summed E-state index contributed by atoms with van der Waals surface area (Å²) in [5.74, 6) is 0.220. The second-order valence-corrected chi connectivity index (χ2v) is 7.19. The Balaban J connectivity index is 1.40. The lowest BCUT2D eigenvalue weighted by atomic mass is 10.2. The number of fused-ring (bicyclic) bond motifs is 2. The van der Waals surface area contributed by atoms with Gasteiger partial charge in [0.25, 0.3) is 0 Å². The van der Waals surface area contributed by atoms with Crippen molar-refractivity contribution in [1.82, 2.24) is 19.6 Å². The molecule has 0 spiro atoms. The molecule has 0 radical (unpaired) electrons. The van der Waals surface area contributed by atoms with Gasteiger partial charge in [0.1, 0.15) is 23.3 Å². The third-order valence-corrected chi connectivity index (χ3v) is 5.27. The quantitative estimate of drug-likeness (QED) is 0.430. The molecule has 1 N–H and O–H groups in total. The molecule has 0 aliphatic heterocycles. The highest BCUT2D eigenvalue weighted by atomic mass is 32.1. The van der Waals surface area contributed by atoms with E-state index >= 15 is 0 Å².